The van der Waals surface area contributed by atoms with Gasteiger partial charge in [0, 0.05) is 0 Å². The van der Waals surface area contributed by atoms with Crippen LogP contribution in [0.2, 0.25) is 0 Å². The number of hydrogen-bond donors (Lipinski definition) is 2. The molecule has 2 aliphatic rings. The van der Waals surface area contributed by atoms with Crippen molar-refractivity contribution in [3.05, 3.63) is 24.3 Å². The molecule has 0 spiro atoms. The van der Waals surface area contributed by atoms with E-state index < -0.39 is 12.2 Å². The largest absolute Gasteiger partial charge is 0.387 e. The molecule has 2 rings (SSSR count). The molecule has 0 aliphatic carbocycles. The van der Waals surface area contributed by atoms with E-state index in [1.807, 2.05) is 0 Å². The summed E-state index contributed by atoms with van der Waals surface area (Å²) < 4.78 is 21.9. The molecule has 0 aromatic heterocycles. The highest BCUT2D eigenvalue weighted by atomic mass is 16.7. The van der Waals surface area contributed by atoms with Crippen LogP contribution in [0.1, 0.15) is 64.2 Å². The summed E-state index contributed by atoms with van der Waals surface area (Å²) in [5, 5.41) is 18.6. The van der Waals surface area contributed by atoms with Crippen LogP contribution in [0.25, 0.3) is 0 Å². The summed E-state index contributed by atoms with van der Waals surface area (Å²) in [4.78, 5) is 0. The first-order valence-corrected chi connectivity index (χ1v) is 10.9. The van der Waals surface area contributed by atoms with Crippen molar-refractivity contribution in [1.82, 2.24) is 0 Å². The molecular formula is C22H38O6. The molecule has 6 nitrogen and oxygen atoms in total. The molecule has 2 aliphatic heterocycles. The van der Waals surface area contributed by atoms with Crippen molar-refractivity contribution in [3.63, 3.8) is 0 Å². The Kier molecular flexibility index (Phi) is 12.7. The lowest BCUT2D eigenvalue weighted by Crippen LogP contribution is -2.26. The van der Waals surface area contributed by atoms with Crippen LogP contribution >= 0.6 is 0 Å². The predicted molar refractivity (Wildman–Crippen MR) is 108 cm³/mol. The Balaban J connectivity index is 1.26. The second-order valence-electron chi connectivity index (χ2n) is 7.59. The van der Waals surface area contributed by atoms with E-state index in [1.165, 1.54) is 51.4 Å². The van der Waals surface area contributed by atoms with E-state index in [1.54, 1.807) is 24.3 Å². The molecule has 0 fully saturated rings. The minimum Gasteiger partial charge on any atom is -0.387 e. The zero-order valence-corrected chi connectivity index (χ0v) is 17.0. The number of ether oxygens (including phenoxy) is 4. The molecular weight excluding hydrogens is 360 g/mol. The van der Waals surface area contributed by atoms with E-state index in [-0.39, 0.29) is 12.6 Å². The first kappa shape index (κ1) is 23.5. The summed E-state index contributed by atoms with van der Waals surface area (Å²) in [6.07, 6.45) is 17.8. The van der Waals surface area contributed by atoms with Crippen LogP contribution in [0.3, 0.4) is 0 Å². The van der Waals surface area contributed by atoms with Gasteiger partial charge in [-0.15, -0.1) is 0 Å². The molecule has 0 saturated carbocycles. The van der Waals surface area contributed by atoms with Crippen LogP contribution < -0.4 is 0 Å². The Morgan fingerprint density at radius 3 is 1.25 bits per heavy atom. The zero-order valence-electron chi connectivity index (χ0n) is 17.0. The Morgan fingerprint density at radius 2 is 0.929 bits per heavy atom. The second kappa shape index (κ2) is 15.1. The summed E-state index contributed by atoms with van der Waals surface area (Å²) in [5.41, 5.74) is 0. The molecule has 0 radical (unpaired) electrons. The molecule has 0 saturated heterocycles. The highest BCUT2D eigenvalue weighted by Gasteiger charge is 2.14. The van der Waals surface area contributed by atoms with Gasteiger partial charge in [0.2, 0.25) is 0 Å². The lowest BCUT2D eigenvalue weighted by atomic mass is 10.1. The van der Waals surface area contributed by atoms with Crippen molar-refractivity contribution in [2.75, 3.05) is 26.4 Å². The minimum atomic E-state index is -0.488. The third-order valence-electron chi connectivity index (χ3n) is 4.95. The molecule has 2 N–H and O–H groups in total. The first-order valence-electron chi connectivity index (χ1n) is 10.9. The predicted octanol–water partition coefficient (Wildman–Crippen LogP) is 3.47. The minimum absolute atomic E-state index is 0.284. The molecule has 6 heteroatoms. The molecule has 28 heavy (non-hydrogen) atoms. The Labute approximate surface area is 169 Å². The number of hydrogen-bond acceptors (Lipinski definition) is 6. The van der Waals surface area contributed by atoms with Gasteiger partial charge in [-0.2, -0.15) is 0 Å². The maximum Gasteiger partial charge on any atom is 0.177 e. The quantitative estimate of drug-likeness (QED) is 0.325. The van der Waals surface area contributed by atoms with Gasteiger partial charge >= 0.3 is 0 Å². The SMILES string of the molecule is O[C@H]1C=C[C@@H](OCCCCCCCCCCCCO[C@@H]2C=C[C@H](O)CO2)OC1. The van der Waals surface area contributed by atoms with Gasteiger partial charge in [0.05, 0.1) is 38.6 Å². The van der Waals surface area contributed by atoms with Crippen LogP contribution in [0.5, 0.6) is 0 Å². The smallest absolute Gasteiger partial charge is 0.177 e. The molecule has 2 heterocycles. The third-order valence-corrected chi connectivity index (χ3v) is 4.95. The number of aliphatic hydroxyl groups is 2. The van der Waals surface area contributed by atoms with E-state index in [4.69, 9.17) is 18.9 Å². The zero-order chi connectivity index (χ0) is 19.9. The Hall–Kier alpha value is -0.760. The molecule has 0 amide bonds. The van der Waals surface area contributed by atoms with Gasteiger partial charge in [-0.1, -0.05) is 63.5 Å². The number of unbranched alkanes of at least 4 members (excludes halogenated alkanes) is 9. The molecule has 4 atom stereocenters. The van der Waals surface area contributed by atoms with Gasteiger partial charge < -0.3 is 29.2 Å². The lowest BCUT2D eigenvalue weighted by molar-refractivity contribution is -0.133. The van der Waals surface area contributed by atoms with Crippen LogP contribution in [0, 0.1) is 0 Å². The third kappa shape index (κ3) is 11.3. The fraction of sp³-hybridized carbons (Fsp3) is 0.818. The maximum atomic E-state index is 9.28. The van der Waals surface area contributed by atoms with Gasteiger partial charge in [0.1, 0.15) is 0 Å². The van der Waals surface area contributed by atoms with Crippen molar-refractivity contribution in [2.45, 2.75) is 89.0 Å². The summed E-state index contributed by atoms with van der Waals surface area (Å²) in [6, 6.07) is 0. The van der Waals surface area contributed by atoms with E-state index in [0.717, 1.165) is 26.1 Å². The van der Waals surface area contributed by atoms with Gasteiger partial charge in [-0.25, -0.2) is 0 Å². The maximum absolute atomic E-state index is 9.28. The Morgan fingerprint density at radius 1 is 0.571 bits per heavy atom. The van der Waals surface area contributed by atoms with Crippen LogP contribution in [0.4, 0.5) is 0 Å². The molecule has 0 bridgehead atoms. The van der Waals surface area contributed by atoms with Gasteiger partial charge in [-0.05, 0) is 25.0 Å². The van der Waals surface area contributed by atoms with E-state index in [0.29, 0.717) is 13.2 Å². The van der Waals surface area contributed by atoms with Gasteiger partial charge in [0.25, 0.3) is 0 Å². The van der Waals surface area contributed by atoms with Crippen molar-refractivity contribution < 1.29 is 29.2 Å². The second-order valence-corrected chi connectivity index (χ2v) is 7.59. The van der Waals surface area contributed by atoms with Gasteiger partial charge in [-0.3, -0.25) is 0 Å². The monoisotopic (exact) mass is 398 g/mol. The molecule has 162 valence electrons. The fourth-order valence-electron chi connectivity index (χ4n) is 3.27. The first-order chi connectivity index (χ1) is 13.7. The van der Waals surface area contributed by atoms with Crippen LogP contribution in [-0.2, 0) is 18.9 Å². The van der Waals surface area contributed by atoms with Crippen LogP contribution in [0.15, 0.2) is 24.3 Å². The average Bonchev–Trinajstić information content (AvgIpc) is 2.71. The Bertz CT molecular complexity index is 399. The van der Waals surface area contributed by atoms with E-state index in [9.17, 15) is 10.2 Å². The summed E-state index contributed by atoms with van der Waals surface area (Å²) >= 11 is 0. The van der Waals surface area contributed by atoms with Crippen molar-refractivity contribution >= 4 is 0 Å². The van der Waals surface area contributed by atoms with Crippen molar-refractivity contribution in [3.8, 4) is 0 Å². The molecule has 0 aromatic rings. The van der Waals surface area contributed by atoms with Crippen LogP contribution in [-0.4, -0.2) is 61.4 Å². The highest BCUT2D eigenvalue weighted by molar-refractivity contribution is 4.95. The summed E-state index contributed by atoms with van der Waals surface area (Å²) in [5.74, 6) is 0. The summed E-state index contributed by atoms with van der Waals surface area (Å²) in [7, 11) is 0. The normalized spacial score (nSPS) is 27.4. The number of rotatable bonds is 15. The fourth-order valence-corrected chi connectivity index (χ4v) is 3.27. The van der Waals surface area contributed by atoms with Crippen molar-refractivity contribution in [2.24, 2.45) is 0 Å². The standard InChI is InChI=1S/C22H38O6/c23-19-11-13-21(27-17-19)25-15-9-7-5-3-1-2-4-6-8-10-16-26-22-14-12-20(24)18-28-22/h11-14,19-24H,1-10,15-18H2/t19-,20-,21-,22-/m0/s1. The van der Waals surface area contributed by atoms with E-state index >= 15 is 0 Å². The molecule has 0 unspecified atom stereocenters. The average molecular weight is 399 g/mol. The van der Waals surface area contributed by atoms with Gasteiger partial charge in [0.15, 0.2) is 12.6 Å². The number of aliphatic hydroxyl groups excluding tert-OH is 2. The van der Waals surface area contributed by atoms with Crippen molar-refractivity contribution in [1.29, 1.82) is 0 Å². The summed E-state index contributed by atoms with van der Waals surface area (Å²) in [6.45, 7) is 2.09. The topological polar surface area (TPSA) is 77.4 Å². The van der Waals surface area contributed by atoms with E-state index in [2.05, 4.69) is 0 Å². The lowest BCUT2D eigenvalue weighted by Gasteiger charge is -2.20. The molecule has 0 aromatic carbocycles. The highest BCUT2D eigenvalue weighted by Crippen LogP contribution is 2.13.